The molecule has 0 saturated heterocycles. The number of ether oxygens (including phenoxy) is 3. The first-order chi connectivity index (χ1) is 10.6. The number of nitrogens with one attached hydrogen (secondary N) is 2. The summed E-state index contributed by atoms with van der Waals surface area (Å²) in [5.41, 5.74) is 0.00382. The van der Waals surface area contributed by atoms with Gasteiger partial charge in [0.1, 0.15) is 5.69 Å². The van der Waals surface area contributed by atoms with Crippen molar-refractivity contribution < 1.29 is 19.0 Å². The lowest BCUT2D eigenvalue weighted by Gasteiger charge is -2.14. The molecule has 2 rings (SSSR count). The van der Waals surface area contributed by atoms with Crippen molar-refractivity contribution in [3.8, 4) is 17.2 Å². The third-order valence-electron chi connectivity index (χ3n) is 2.83. The van der Waals surface area contributed by atoms with Crippen molar-refractivity contribution in [3.05, 3.63) is 40.6 Å². The molecule has 2 N–H and O–H groups in total. The maximum Gasteiger partial charge on any atom is 0.274 e. The van der Waals surface area contributed by atoms with E-state index >= 15 is 0 Å². The van der Waals surface area contributed by atoms with E-state index < -0.39 is 11.5 Å². The second kappa shape index (κ2) is 6.61. The number of carbonyl (C=O) groups is 1. The first-order valence-corrected chi connectivity index (χ1v) is 6.25. The smallest absolute Gasteiger partial charge is 0.274 e. The van der Waals surface area contributed by atoms with Gasteiger partial charge in [-0.15, -0.1) is 0 Å². The highest BCUT2D eigenvalue weighted by Crippen LogP contribution is 2.39. The SMILES string of the molecule is COc1cc(NC(=O)c2cc(=O)[nH]cn2)cc(OC)c1OC. The normalized spacial score (nSPS) is 9.95. The molecule has 1 aromatic carbocycles. The largest absolute Gasteiger partial charge is 0.493 e. The molecular formula is C14H15N3O5. The molecule has 1 aromatic heterocycles. The van der Waals surface area contributed by atoms with Crippen molar-refractivity contribution in [2.75, 3.05) is 26.6 Å². The number of benzene rings is 1. The van der Waals surface area contributed by atoms with Crippen LogP contribution in [0.15, 0.2) is 29.3 Å². The molecule has 1 heterocycles. The second-order valence-electron chi connectivity index (χ2n) is 4.16. The van der Waals surface area contributed by atoms with Crippen LogP contribution in [0.4, 0.5) is 5.69 Å². The molecule has 0 atom stereocenters. The minimum Gasteiger partial charge on any atom is -0.493 e. The van der Waals surface area contributed by atoms with Crippen molar-refractivity contribution in [3.63, 3.8) is 0 Å². The summed E-state index contributed by atoms with van der Waals surface area (Å²) in [6.45, 7) is 0. The van der Waals surface area contributed by atoms with Gasteiger partial charge in [0.2, 0.25) is 5.75 Å². The molecule has 0 unspecified atom stereocenters. The van der Waals surface area contributed by atoms with Gasteiger partial charge in [0.15, 0.2) is 11.5 Å². The highest BCUT2D eigenvalue weighted by atomic mass is 16.5. The summed E-state index contributed by atoms with van der Waals surface area (Å²) in [5, 5.41) is 2.62. The highest BCUT2D eigenvalue weighted by Gasteiger charge is 2.15. The summed E-state index contributed by atoms with van der Waals surface area (Å²) in [6, 6.07) is 4.26. The van der Waals surface area contributed by atoms with Crippen LogP contribution < -0.4 is 25.1 Å². The number of methoxy groups -OCH3 is 3. The fraction of sp³-hybridized carbons (Fsp3) is 0.214. The Balaban J connectivity index is 2.33. The van der Waals surface area contributed by atoms with Crippen molar-refractivity contribution in [2.45, 2.75) is 0 Å². The fourth-order valence-electron chi connectivity index (χ4n) is 1.84. The number of aromatic amines is 1. The molecule has 0 spiro atoms. The van der Waals surface area contributed by atoms with Crippen LogP contribution in [0.25, 0.3) is 0 Å². The number of aromatic nitrogens is 2. The number of hydrogen-bond acceptors (Lipinski definition) is 6. The molecule has 2 aromatic rings. The third kappa shape index (κ3) is 3.17. The number of carbonyl (C=O) groups excluding carboxylic acids is 1. The molecule has 0 radical (unpaired) electrons. The Labute approximate surface area is 126 Å². The van der Waals surface area contributed by atoms with E-state index in [1.54, 1.807) is 12.1 Å². The zero-order valence-corrected chi connectivity index (χ0v) is 12.3. The van der Waals surface area contributed by atoms with Gasteiger partial charge in [-0.3, -0.25) is 9.59 Å². The molecule has 1 amide bonds. The van der Waals surface area contributed by atoms with Crippen LogP contribution in [-0.2, 0) is 0 Å². The Morgan fingerprint density at radius 1 is 1.09 bits per heavy atom. The molecule has 0 fully saturated rings. The molecule has 8 nitrogen and oxygen atoms in total. The van der Waals surface area contributed by atoms with Gasteiger partial charge in [-0.1, -0.05) is 0 Å². The molecule has 22 heavy (non-hydrogen) atoms. The summed E-state index contributed by atoms with van der Waals surface area (Å²) in [4.78, 5) is 29.4. The van der Waals surface area contributed by atoms with Gasteiger partial charge in [0.25, 0.3) is 11.5 Å². The highest BCUT2D eigenvalue weighted by molar-refractivity contribution is 6.03. The van der Waals surface area contributed by atoms with Gasteiger partial charge in [0, 0.05) is 23.9 Å². The van der Waals surface area contributed by atoms with Gasteiger partial charge in [-0.05, 0) is 0 Å². The van der Waals surface area contributed by atoms with Crippen molar-refractivity contribution in [1.29, 1.82) is 0 Å². The van der Waals surface area contributed by atoms with E-state index in [0.29, 0.717) is 22.9 Å². The lowest BCUT2D eigenvalue weighted by atomic mass is 10.2. The molecule has 8 heteroatoms. The summed E-state index contributed by atoms with van der Waals surface area (Å²) in [6.07, 6.45) is 1.16. The molecule has 0 aliphatic heterocycles. The lowest BCUT2D eigenvalue weighted by molar-refractivity contribution is 0.102. The zero-order chi connectivity index (χ0) is 16.1. The average Bonchev–Trinajstić information content (AvgIpc) is 2.53. The molecule has 0 bridgehead atoms. The van der Waals surface area contributed by atoms with E-state index in [2.05, 4.69) is 15.3 Å². The summed E-state index contributed by atoms with van der Waals surface area (Å²) < 4.78 is 15.6. The van der Waals surface area contributed by atoms with Crippen LogP contribution in [0.5, 0.6) is 17.2 Å². The maximum absolute atomic E-state index is 12.1. The standard InChI is InChI=1S/C14H15N3O5/c1-20-10-4-8(5-11(21-2)13(10)22-3)17-14(19)9-6-12(18)16-7-15-9/h4-7H,1-3H3,(H,17,19)(H,15,16,18). The van der Waals surface area contributed by atoms with Crippen LogP contribution in [-0.4, -0.2) is 37.2 Å². The number of amides is 1. The molecule has 116 valence electrons. The minimum absolute atomic E-state index is 0.00231. The predicted octanol–water partition coefficient (Wildman–Crippen LogP) is 1.05. The van der Waals surface area contributed by atoms with Crippen molar-refractivity contribution in [1.82, 2.24) is 9.97 Å². The predicted molar refractivity (Wildman–Crippen MR) is 78.9 cm³/mol. The van der Waals surface area contributed by atoms with E-state index in [1.807, 2.05) is 0 Å². The van der Waals surface area contributed by atoms with Gasteiger partial charge < -0.3 is 24.5 Å². The Morgan fingerprint density at radius 3 is 2.23 bits per heavy atom. The number of anilines is 1. The maximum atomic E-state index is 12.1. The Morgan fingerprint density at radius 2 is 1.73 bits per heavy atom. The van der Waals surface area contributed by atoms with E-state index in [9.17, 15) is 9.59 Å². The summed E-state index contributed by atoms with van der Waals surface area (Å²) in [7, 11) is 4.43. The van der Waals surface area contributed by atoms with E-state index in [4.69, 9.17) is 14.2 Å². The summed E-state index contributed by atoms with van der Waals surface area (Å²) >= 11 is 0. The quantitative estimate of drug-likeness (QED) is 0.856. The lowest BCUT2D eigenvalue weighted by Crippen LogP contribution is -2.17. The van der Waals surface area contributed by atoms with Crippen LogP contribution in [0.2, 0.25) is 0 Å². The third-order valence-corrected chi connectivity index (χ3v) is 2.83. The van der Waals surface area contributed by atoms with Crippen LogP contribution in [0, 0.1) is 0 Å². The van der Waals surface area contributed by atoms with Crippen LogP contribution >= 0.6 is 0 Å². The topological polar surface area (TPSA) is 103 Å². The summed E-state index contributed by atoms with van der Waals surface area (Å²) in [5.74, 6) is 0.685. The first-order valence-electron chi connectivity index (χ1n) is 6.25. The number of H-pyrrole nitrogens is 1. The Bertz CT molecular complexity index is 716. The monoisotopic (exact) mass is 305 g/mol. The van der Waals surface area contributed by atoms with Gasteiger partial charge >= 0.3 is 0 Å². The van der Waals surface area contributed by atoms with Gasteiger partial charge in [0.05, 0.1) is 27.7 Å². The zero-order valence-electron chi connectivity index (χ0n) is 12.3. The Kier molecular flexibility index (Phi) is 4.62. The van der Waals surface area contributed by atoms with Crippen molar-refractivity contribution >= 4 is 11.6 Å². The minimum atomic E-state index is -0.527. The average molecular weight is 305 g/mol. The van der Waals surface area contributed by atoms with Crippen molar-refractivity contribution in [2.24, 2.45) is 0 Å². The fourth-order valence-corrected chi connectivity index (χ4v) is 1.84. The Hall–Kier alpha value is -3.03. The number of rotatable bonds is 5. The van der Waals surface area contributed by atoms with E-state index in [-0.39, 0.29) is 5.69 Å². The first kappa shape index (κ1) is 15.4. The van der Waals surface area contributed by atoms with Crippen LogP contribution in [0.3, 0.4) is 0 Å². The molecular weight excluding hydrogens is 290 g/mol. The number of nitrogens with zero attached hydrogens (tertiary/aromatic N) is 1. The van der Waals surface area contributed by atoms with Gasteiger partial charge in [-0.2, -0.15) is 0 Å². The van der Waals surface area contributed by atoms with Crippen LogP contribution in [0.1, 0.15) is 10.5 Å². The molecule has 0 aliphatic carbocycles. The van der Waals surface area contributed by atoms with E-state index in [1.165, 1.54) is 21.3 Å². The number of hydrogen-bond donors (Lipinski definition) is 2. The molecule has 0 aliphatic rings. The van der Waals surface area contributed by atoms with Gasteiger partial charge in [-0.25, -0.2) is 4.98 Å². The molecule has 0 saturated carbocycles. The second-order valence-corrected chi connectivity index (χ2v) is 4.16. The van der Waals surface area contributed by atoms with E-state index in [0.717, 1.165) is 12.4 Å².